The Morgan fingerprint density at radius 1 is 1.30 bits per heavy atom. The van der Waals surface area contributed by atoms with Gasteiger partial charge in [-0.15, -0.1) is 11.3 Å². The normalized spacial score (nSPS) is 13.0. The number of aryl methyl sites for hydroxylation is 1. The van der Waals surface area contributed by atoms with E-state index in [2.05, 4.69) is 34.2 Å². The molecule has 0 amide bonds. The number of hydrogen-bond acceptors (Lipinski definition) is 3. The monoisotopic (exact) mass is 369 g/mol. The molecule has 2 aromatic heterocycles. The largest absolute Gasteiger partial charge is 0.459 e. The standard InChI is InChI=1S/C15H13BrClNOS/c1-8-5-13(20-15(8)16)14(18-2)12-7-9-6-10(17)3-4-11(9)19-12/h3-7,14,18H,1-2H3. The van der Waals surface area contributed by atoms with Crippen molar-refractivity contribution < 1.29 is 4.42 Å². The van der Waals surface area contributed by atoms with Crippen LogP contribution in [0.15, 0.2) is 38.5 Å². The molecule has 0 aliphatic carbocycles. The van der Waals surface area contributed by atoms with E-state index in [1.54, 1.807) is 11.3 Å². The lowest BCUT2D eigenvalue weighted by molar-refractivity contribution is 0.495. The van der Waals surface area contributed by atoms with E-state index in [4.69, 9.17) is 16.0 Å². The first-order valence-corrected chi connectivity index (χ1v) is 8.19. The van der Waals surface area contributed by atoms with Crippen LogP contribution in [0, 0.1) is 6.92 Å². The molecule has 0 bridgehead atoms. The van der Waals surface area contributed by atoms with Gasteiger partial charge in [-0.3, -0.25) is 0 Å². The maximum Gasteiger partial charge on any atom is 0.134 e. The third-order valence-electron chi connectivity index (χ3n) is 3.23. The number of thiophene rings is 1. The van der Waals surface area contributed by atoms with Crippen molar-refractivity contribution in [2.45, 2.75) is 13.0 Å². The predicted octanol–water partition coefficient (Wildman–Crippen LogP) is 5.53. The van der Waals surface area contributed by atoms with Crippen LogP contribution in [-0.2, 0) is 0 Å². The third kappa shape index (κ3) is 2.53. The Labute approximate surface area is 134 Å². The quantitative estimate of drug-likeness (QED) is 0.656. The molecule has 1 N–H and O–H groups in total. The van der Waals surface area contributed by atoms with Gasteiger partial charge in [0.25, 0.3) is 0 Å². The maximum absolute atomic E-state index is 6.02. The summed E-state index contributed by atoms with van der Waals surface area (Å²) in [4.78, 5) is 1.22. The highest BCUT2D eigenvalue weighted by Gasteiger charge is 2.19. The van der Waals surface area contributed by atoms with Gasteiger partial charge in [0.1, 0.15) is 17.4 Å². The van der Waals surface area contributed by atoms with Gasteiger partial charge in [0, 0.05) is 15.3 Å². The average Bonchev–Trinajstić information content (AvgIpc) is 2.95. The Morgan fingerprint density at radius 2 is 2.10 bits per heavy atom. The van der Waals surface area contributed by atoms with Crippen LogP contribution < -0.4 is 5.32 Å². The van der Waals surface area contributed by atoms with Crippen LogP contribution in [-0.4, -0.2) is 7.05 Å². The van der Waals surface area contributed by atoms with Crippen molar-refractivity contribution in [1.82, 2.24) is 5.32 Å². The number of furan rings is 1. The average molecular weight is 371 g/mol. The fraction of sp³-hybridized carbons (Fsp3) is 0.200. The van der Waals surface area contributed by atoms with Crippen LogP contribution in [0.1, 0.15) is 22.2 Å². The van der Waals surface area contributed by atoms with Gasteiger partial charge in [-0.2, -0.15) is 0 Å². The van der Waals surface area contributed by atoms with Gasteiger partial charge in [-0.05, 0) is 65.8 Å². The number of benzene rings is 1. The molecule has 5 heteroatoms. The van der Waals surface area contributed by atoms with E-state index in [-0.39, 0.29) is 6.04 Å². The lowest BCUT2D eigenvalue weighted by Crippen LogP contribution is -2.15. The SMILES string of the molecule is CNC(c1cc2cc(Cl)ccc2o1)c1cc(C)c(Br)s1. The molecule has 0 aliphatic heterocycles. The minimum atomic E-state index is 0.0520. The number of halogens is 2. The zero-order valence-electron chi connectivity index (χ0n) is 11.0. The van der Waals surface area contributed by atoms with Crippen LogP contribution in [0.25, 0.3) is 11.0 Å². The molecule has 3 rings (SSSR count). The third-order valence-corrected chi connectivity index (χ3v) is 5.67. The van der Waals surface area contributed by atoms with Gasteiger partial charge in [-0.25, -0.2) is 0 Å². The molecule has 0 fully saturated rings. The van der Waals surface area contributed by atoms with E-state index in [0.29, 0.717) is 0 Å². The molecular formula is C15H13BrClNOS. The van der Waals surface area contributed by atoms with Gasteiger partial charge in [0.2, 0.25) is 0 Å². The molecule has 3 aromatic rings. The van der Waals surface area contributed by atoms with E-state index in [0.717, 1.165) is 25.5 Å². The van der Waals surface area contributed by atoms with Crippen molar-refractivity contribution in [2.24, 2.45) is 0 Å². The van der Waals surface area contributed by atoms with Crippen molar-refractivity contribution in [2.75, 3.05) is 7.05 Å². The summed E-state index contributed by atoms with van der Waals surface area (Å²) in [5, 5.41) is 5.06. The van der Waals surface area contributed by atoms with Crippen molar-refractivity contribution in [1.29, 1.82) is 0 Å². The Morgan fingerprint density at radius 3 is 2.75 bits per heavy atom. The second-order valence-electron chi connectivity index (χ2n) is 4.66. The van der Waals surface area contributed by atoms with Gasteiger partial charge < -0.3 is 9.73 Å². The Bertz CT molecular complexity index is 745. The molecular weight excluding hydrogens is 358 g/mol. The first-order valence-electron chi connectivity index (χ1n) is 6.20. The molecule has 0 saturated carbocycles. The van der Waals surface area contributed by atoms with E-state index in [9.17, 15) is 0 Å². The smallest absolute Gasteiger partial charge is 0.134 e. The molecule has 2 heterocycles. The summed E-state index contributed by atoms with van der Waals surface area (Å²) in [7, 11) is 1.94. The second kappa shape index (κ2) is 5.53. The summed E-state index contributed by atoms with van der Waals surface area (Å²) < 4.78 is 7.11. The number of hydrogen-bond donors (Lipinski definition) is 1. The van der Waals surface area contributed by atoms with Crippen LogP contribution in [0.4, 0.5) is 0 Å². The summed E-state index contributed by atoms with van der Waals surface area (Å²) in [6, 6.07) is 9.95. The second-order valence-corrected chi connectivity index (χ2v) is 7.50. The highest BCUT2D eigenvalue weighted by Crippen LogP contribution is 2.36. The van der Waals surface area contributed by atoms with Crippen LogP contribution in [0.2, 0.25) is 5.02 Å². The molecule has 2 nitrogen and oxygen atoms in total. The van der Waals surface area contributed by atoms with Crippen LogP contribution in [0.3, 0.4) is 0 Å². The van der Waals surface area contributed by atoms with Crippen LogP contribution in [0.5, 0.6) is 0 Å². The van der Waals surface area contributed by atoms with Gasteiger partial charge in [-0.1, -0.05) is 11.6 Å². The van der Waals surface area contributed by atoms with Gasteiger partial charge >= 0.3 is 0 Å². The molecule has 0 radical (unpaired) electrons. The van der Waals surface area contributed by atoms with Gasteiger partial charge in [0.05, 0.1) is 3.79 Å². The lowest BCUT2D eigenvalue weighted by Gasteiger charge is -2.10. The zero-order valence-corrected chi connectivity index (χ0v) is 14.2. The van der Waals surface area contributed by atoms with E-state index in [1.807, 2.05) is 31.3 Å². The van der Waals surface area contributed by atoms with Crippen molar-refractivity contribution >= 4 is 49.8 Å². The van der Waals surface area contributed by atoms with Crippen LogP contribution >= 0.6 is 38.9 Å². The number of rotatable bonds is 3. The highest BCUT2D eigenvalue weighted by atomic mass is 79.9. The first-order chi connectivity index (χ1) is 9.58. The Balaban J connectivity index is 2.06. The fourth-order valence-corrected chi connectivity index (χ4v) is 4.10. The molecule has 0 aliphatic rings. The molecule has 0 saturated heterocycles. The molecule has 1 atom stereocenters. The summed E-state index contributed by atoms with van der Waals surface area (Å²) in [5.41, 5.74) is 2.10. The van der Waals surface area contributed by atoms with E-state index in [1.165, 1.54) is 10.4 Å². The summed E-state index contributed by atoms with van der Waals surface area (Å²) in [6.45, 7) is 2.09. The van der Waals surface area contributed by atoms with Crippen molar-refractivity contribution in [3.63, 3.8) is 0 Å². The number of fused-ring (bicyclic) bond motifs is 1. The van der Waals surface area contributed by atoms with E-state index < -0.39 is 0 Å². The van der Waals surface area contributed by atoms with E-state index >= 15 is 0 Å². The maximum atomic E-state index is 6.02. The Hall–Kier alpha value is -0.810. The van der Waals surface area contributed by atoms with Gasteiger partial charge in [0.15, 0.2) is 0 Å². The summed E-state index contributed by atoms with van der Waals surface area (Å²) in [6.07, 6.45) is 0. The molecule has 1 aromatic carbocycles. The molecule has 0 spiro atoms. The highest BCUT2D eigenvalue weighted by molar-refractivity contribution is 9.11. The molecule has 104 valence electrons. The summed E-state index contributed by atoms with van der Waals surface area (Å²) >= 11 is 11.3. The topological polar surface area (TPSA) is 25.2 Å². The minimum Gasteiger partial charge on any atom is -0.459 e. The first kappa shape index (κ1) is 14.1. The number of nitrogens with one attached hydrogen (secondary N) is 1. The summed E-state index contributed by atoms with van der Waals surface area (Å²) in [5.74, 6) is 0.901. The van der Waals surface area contributed by atoms with Crippen molar-refractivity contribution in [3.05, 3.63) is 55.3 Å². The minimum absolute atomic E-state index is 0.0520. The fourth-order valence-electron chi connectivity index (χ4n) is 2.23. The lowest BCUT2D eigenvalue weighted by atomic mass is 10.1. The predicted molar refractivity (Wildman–Crippen MR) is 88.9 cm³/mol. The Kier molecular flexibility index (Phi) is 3.91. The molecule has 1 unspecified atom stereocenters. The molecule has 20 heavy (non-hydrogen) atoms. The zero-order chi connectivity index (χ0) is 14.3. The van der Waals surface area contributed by atoms with Crippen molar-refractivity contribution in [3.8, 4) is 0 Å².